The molecule has 0 amide bonds. The van der Waals surface area contributed by atoms with Gasteiger partial charge in [0, 0.05) is 0 Å². The third-order valence-electron chi connectivity index (χ3n) is 3.16. The Kier molecular flexibility index (Phi) is 3.08. The molecule has 0 aromatic heterocycles. The van der Waals surface area contributed by atoms with E-state index in [1.807, 2.05) is 24.3 Å². The maximum atomic E-state index is 9.91. The predicted octanol–water partition coefficient (Wildman–Crippen LogP) is 2.05. The van der Waals surface area contributed by atoms with Crippen molar-refractivity contribution in [1.29, 1.82) is 0 Å². The van der Waals surface area contributed by atoms with Gasteiger partial charge in [0.2, 0.25) is 0 Å². The number of aliphatic hydroxyl groups excluding tert-OH is 2. The molecule has 0 bridgehead atoms. The fraction of sp³-hybridized carbons (Fsp3) is 0.538. The van der Waals surface area contributed by atoms with E-state index in [-0.39, 0.29) is 0 Å². The highest BCUT2D eigenvalue weighted by Gasteiger charge is 2.34. The molecule has 1 aromatic rings. The van der Waals surface area contributed by atoms with Crippen molar-refractivity contribution >= 4 is 0 Å². The number of benzene rings is 1. The Labute approximate surface area is 90.6 Å². The third-order valence-corrected chi connectivity index (χ3v) is 3.16. The fourth-order valence-corrected chi connectivity index (χ4v) is 1.84. The number of hydrogen-bond donors (Lipinski definition) is 2. The van der Waals surface area contributed by atoms with Crippen molar-refractivity contribution in [2.45, 2.75) is 38.4 Å². The van der Waals surface area contributed by atoms with Gasteiger partial charge < -0.3 is 10.2 Å². The zero-order valence-corrected chi connectivity index (χ0v) is 9.06. The first-order valence-electron chi connectivity index (χ1n) is 5.67. The number of rotatable bonds is 4. The van der Waals surface area contributed by atoms with Crippen molar-refractivity contribution < 1.29 is 10.2 Å². The molecule has 15 heavy (non-hydrogen) atoms. The summed E-state index contributed by atoms with van der Waals surface area (Å²) in [5.74, 6) is 0.311. The molecule has 2 unspecified atom stereocenters. The van der Waals surface area contributed by atoms with Crippen LogP contribution in [-0.2, 0) is 6.42 Å². The minimum absolute atomic E-state index is 0.311. The summed E-state index contributed by atoms with van der Waals surface area (Å²) in [7, 11) is 0. The van der Waals surface area contributed by atoms with E-state index in [1.165, 1.54) is 5.56 Å². The molecule has 1 aliphatic rings. The van der Waals surface area contributed by atoms with E-state index in [1.54, 1.807) is 0 Å². The molecule has 1 saturated carbocycles. The van der Waals surface area contributed by atoms with Gasteiger partial charge in [0.05, 0.1) is 6.10 Å². The van der Waals surface area contributed by atoms with Gasteiger partial charge in [-0.2, -0.15) is 0 Å². The molecule has 82 valence electrons. The van der Waals surface area contributed by atoms with E-state index in [9.17, 15) is 10.2 Å². The molecular weight excluding hydrogens is 188 g/mol. The van der Waals surface area contributed by atoms with E-state index in [0.717, 1.165) is 24.8 Å². The molecule has 1 fully saturated rings. The minimum Gasteiger partial charge on any atom is -0.390 e. The lowest BCUT2D eigenvalue weighted by Crippen LogP contribution is -2.20. The van der Waals surface area contributed by atoms with Crippen molar-refractivity contribution in [3.8, 4) is 0 Å². The summed E-state index contributed by atoms with van der Waals surface area (Å²) in [4.78, 5) is 0. The molecule has 1 aromatic carbocycles. The van der Waals surface area contributed by atoms with Crippen LogP contribution in [0.3, 0.4) is 0 Å². The van der Waals surface area contributed by atoms with E-state index in [2.05, 4.69) is 6.92 Å². The molecule has 2 nitrogen and oxygen atoms in total. The lowest BCUT2D eigenvalue weighted by Gasteiger charge is -2.17. The van der Waals surface area contributed by atoms with E-state index < -0.39 is 12.2 Å². The SMILES string of the molecule is CCc1ccc(C(O)C(O)C2CC2)cc1. The monoisotopic (exact) mass is 206 g/mol. The molecule has 0 saturated heterocycles. The van der Waals surface area contributed by atoms with Gasteiger partial charge in [0.25, 0.3) is 0 Å². The Morgan fingerprint density at radius 2 is 1.80 bits per heavy atom. The average Bonchev–Trinajstić information content (AvgIpc) is 3.11. The zero-order valence-electron chi connectivity index (χ0n) is 9.06. The van der Waals surface area contributed by atoms with Crippen LogP contribution in [0, 0.1) is 5.92 Å². The van der Waals surface area contributed by atoms with Crippen LogP contribution in [0.5, 0.6) is 0 Å². The Balaban J connectivity index is 2.07. The summed E-state index contributed by atoms with van der Waals surface area (Å²) < 4.78 is 0. The van der Waals surface area contributed by atoms with Gasteiger partial charge in [-0.25, -0.2) is 0 Å². The summed E-state index contributed by atoms with van der Waals surface area (Å²) >= 11 is 0. The van der Waals surface area contributed by atoms with Crippen LogP contribution in [0.4, 0.5) is 0 Å². The molecule has 2 N–H and O–H groups in total. The minimum atomic E-state index is -0.719. The van der Waals surface area contributed by atoms with Crippen LogP contribution in [0.15, 0.2) is 24.3 Å². The predicted molar refractivity (Wildman–Crippen MR) is 59.5 cm³/mol. The maximum Gasteiger partial charge on any atom is 0.105 e. The largest absolute Gasteiger partial charge is 0.390 e. The highest BCUT2D eigenvalue weighted by Crippen LogP contribution is 2.37. The van der Waals surface area contributed by atoms with Crippen LogP contribution in [0.25, 0.3) is 0 Å². The van der Waals surface area contributed by atoms with Crippen LogP contribution in [-0.4, -0.2) is 16.3 Å². The van der Waals surface area contributed by atoms with E-state index >= 15 is 0 Å². The fourth-order valence-electron chi connectivity index (χ4n) is 1.84. The van der Waals surface area contributed by atoms with Gasteiger partial charge in [-0.15, -0.1) is 0 Å². The van der Waals surface area contributed by atoms with Gasteiger partial charge in [0.15, 0.2) is 0 Å². The summed E-state index contributed by atoms with van der Waals surface area (Å²) in [5.41, 5.74) is 2.08. The van der Waals surface area contributed by atoms with E-state index in [4.69, 9.17) is 0 Å². The molecule has 0 aliphatic heterocycles. The zero-order chi connectivity index (χ0) is 10.8. The van der Waals surface area contributed by atoms with Crippen molar-refractivity contribution in [2.24, 2.45) is 5.92 Å². The Morgan fingerprint density at radius 3 is 2.27 bits per heavy atom. The summed E-state index contributed by atoms with van der Waals surface area (Å²) in [6.45, 7) is 2.10. The Bertz CT molecular complexity index is 314. The standard InChI is InChI=1S/C13H18O2/c1-2-9-3-5-10(6-4-9)12(14)13(15)11-7-8-11/h3-6,11-15H,2,7-8H2,1H3. The van der Waals surface area contributed by atoms with Gasteiger partial charge >= 0.3 is 0 Å². The molecule has 0 spiro atoms. The topological polar surface area (TPSA) is 40.5 Å². The summed E-state index contributed by atoms with van der Waals surface area (Å²) in [6, 6.07) is 7.85. The lowest BCUT2D eigenvalue weighted by molar-refractivity contribution is 0.00484. The smallest absolute Gasteiger partial charge is 0.105 e. The van der Waals surface area contributed by atoms with Crippen molar-refractivity contribution in [2.75, 3.05) is 0 Å². The highest BCUT2D eigenvalue weighted by atomic mass is 16.3. The van der Waals surface area contributed by atoms with Crippen LogP contribution in [0.1, 0.15) is 37.0 Å². The lowest BCUT2D eigenvalue weighted by atomic mass is 9.99. The van der Waals surface area contributed by atoms with Crippen molar-refractivity contribution in [3.63, 3.8) is 0 Å². The average molecular weight is 206 g/mol. The van der Waals surface area contributed by atoms with E-state index in [0.29, 0.717) is 5.92 Å². The number of hydrogen-bond acceptors (Lipinski definition) is 2. The second-order valence-corrected chi connectivity index (χ2v) is 4.37. The highest BCUT2D eigenvalue weighted by molar-refractivity contribution is 5.25. The summed E-state index contributed by atoms with van der Waals surface area (Å²) in [6.07, 6.45) is 1.79. The van der Waals surface area contributed by atoms with Crippen LogP contribution < -0.4 is 0 Å². The molecule has 0 radical (unpaired) electrons. The quantitative estimate of drug-likeness (QED) is 0.791. The molecule has 0 heterocycles. The third kappa shape index (κ3) is 2.39. The number of aryl methyl sites for hydroxylation is 1. The normalized spacial score (nSPS) is 19.9. The first-order chi connectivity index (χ1) is 7.22. The Morgan fingerprint density at radius 1 is 1.20 bits per heavy atom. The molecule has 2 heteroatoms. The molecular formula is C13H18O2. The van der Waals surface area contributed by atoms with Gasteiger partial charge in [-0.05, 0) is 36.3 Å². The maximum absolute atomic E-state index is 9.91. The second-order valence-electron chi connectivity index (χ2n) is 4.37. The molecule has 1 aliphatic carbocycles. The van der Waals surface area contributed by atoms with Crippen molar-refractivity contribution in [1.82, 2.24) is 0 Å². The number of aliphatic hydroxyl groups is 2. The van der Waals surface area contributed by atoms with Gasteiger partial charge in [-0.1, -0.05) is 31.2 Å². The second kappa shape index (κ2) is 4.33. The van der Waals surface area contributed by atoms with Gasteiger partial charge in [-0.3, -0.25) is 0 Å². The van der Waals surface area contributed by atoms with Crippen LogP contribution in [0.2, 0.25) is 0 Å². The van der Waals surface area contributed by atoms with Crippen molar-refractivity contribution in [3.05, 3.63) is 35.4 Å². The Hall–Kier alpha value is -0.860. The molecule has 2 rings (SSSR count). The first kappa shape index (κ1) is 10.7. The summed E-state index contributed by atoms with van der Waals surface area (Å²) in [5, 5.41) is 19.7. The van der Waals surface area contributed by atoms with Crippen LogP contribution >= 0.6 is 0 Å². The molecule has 2 atom stereocenters. The van der Waals surface area contributed by atoms with Gasteiger partial charge in [0.1, 0.15) is 6.10 Å². The first-order valence-corrected chi connectivity index (χ1v) is 5.67.